The predicted octanol–water partition coefficient (Wildman–Crippen LogP) is 4.98. The Hall–Kier alpha value is -0.0600. The molecule has 0 aliphatic heterocycles. The summed E-state index contributed by atoms with van der Waals surface area (Å²) < 4.78 is 1.46. The lowest BCUT2D eigenvalue weighted by atomic mass is 10.1. The van der Waals surface area contributed by atoms with Crippen molar-refractivity contribution < 1.29 is 5.11 Å². The second-order valence-corrected chi connectivity index (χ2v) is 6.39. The fourth-order valence-corrected chi connectivity index (χ4v) is 3.10. The zero-order chi connectivity index (χ0) is 13.5. The van der Waals surface area contributed by atoms with E-state index in [0.717, 1.165) is 21.1 Å². The molecule has 0 radical (unpaired) electrons. The molecule has 4 heteroatoms. The first-order valence-electron chi connectivity index (χ1n) is 6.44. The highest BCUT2D eigenvalue weighted by Gasteiger charge is 2.07. The minimum absolute atomic E-state index is 0.259. The monoisotopic (exact) mass is 377 g/mol. The Kier molecular flexibility index (Phi) is 7.27. The van der Waals surface area contributed by atoms with Gasteiger partial charge in [0.05, 0.1) is 8.95 Å². The minimum atomic E-state index is 0.259. The van der Waals surface area contributed by atoms with Gasteiger partial charge in [0.1, 0.15) is 5.75 Å². The maximum Gasteiger partial charge on any atom is 0.143 e. The molecule has 1 atom stereocenters. The first kappa shape index (κ1) is 16.0. The quantitative estimate of drug-likeness (QED) is 0.656. The van der Waals surface area contributed by atoms with Gasteiger partial charge in [-0.05, 0) is 62.9 Å². The van der Waals surface area contributed by atoms with Crippen LogP contribution in [-0.2, 0) is 6.54 Å². The third kappa shape index (κ3) is 5.29. The highest BCUT2D eigenvalue weighted by molar-refractivity contribution is 9.11. The van der Waals surface area contributed by atoms with Crippen LogP contribution in [-0.4, -0.2) is 11.1 Å². The summed E-state index contributed by atoms with van der Waals surface area (Å²) in [5.74, 6) is 0.259. The molecule has 18 heavy (non-hydrogen) atoms. The average molecular weight is 379 g/mol. The molecule has 1 unspecified atom stereocenters. The van der Waals surface area contributed by atoms with Gasteiger partial charge in [0, 0.05) is 12.6 Å². The van der Waals surface area contributed by atoms with Gasteiger partial charge in [-0.15, -0.1) is 0 Å². The van der Waals surface area contributed by atoms with Gasteiger partial charge >= 0.3 is 0 Å². The smallest absolute Gasteiger partial charge is 0.143 e. The van der Waals surface area contributed by atoms with Gasteiger partial charge in [0.15, 0.2) is 0 Å². The summed E-state index contributed by atoms with van der Waals surface area (Å²) in [4.78, 5) is 0. The topological polar surface area (TPSA) is 32.3 Å². The number of phenols is 1. The molecular weight excluding hydrogens is 358 g/mol. The molecule has 2 N–H and O–H groups in total. The summed E-state index contributed by atoms with van der Waals surface area (Å²) in [7, 11) is 0. The van der Waals surface area contributed by atoms with E-state index in [4.69, 9.17) is 0 Å². The maximum absolute atomic E-state index is 9.64. The molecule has 2 nitrogen and oxygen atoms in total. The van der Waals surface area contributed by atoms with E-state index in [2.05, 4.69) is 51.0 Å². The van der Waals surface area contributed by atoms with Crippen LogP contribution in [0.2, 0.25) is 0 Å². The lowest BCUT2D eigenvalue weighted by Crippen LogP contribution is -2.25. The number of nitrogens with one attached hydrogen (secondary N) is 1. The van der Waals surface area contributed by atoms with Gasteiger partial charge in [-0.2, -0.15) is 0 Å². The van der Waals surface area contributed by atoms with Crippen molar-refractivity contribution in [2.24, 2.45) is 0 Å². The van der Waals surface area contributed by atoms with Crippen LogP contribution in [0.3, 0.4) is 0 Å². The number of aromatic hydroxyl groups is 1. The van der Waals surface area contributed by atoms with Crippen molar-refractivity contribution in [2.75, 3.05) is 0 Å². The van der Waals surface area contributed by atoms with Crippen molar-refractivity contribution in [3.05, 3.63) is 26.6 Å². The van der Waals surface area contributed by atoms with E-state index >= 15 is 0 Å². The molecule has 0 bridgehead atoms. The Labute approximate surface area is 126 Å². The van der Waals surface area contributed by atoms with E-state index in [0.29, 0.717) is 6.04 Å². The van der Waals surface area contributed by atoms with Crippen LogP contribution < -0.4 is 5.32 Å². The van der Waals surface area contributed by atoms with Gasteiger partial charge in [-0.3, -0.25) is 0 Å². The zero-order valence-electron chi connectivity index (χ0n) is 11.0. The second kappa shape index (κ2) is 8.18. The third-order valence-corrected chi connectivity index (χ3v) is 4.18. The van der Waals surface area contributed by atoms with Crippen LogP contribution in [0.25, 0.3) is 0 Å². The molecule has 0 saturated carbocycles. The Morgan fingerprint density at radius 2 is 1.83 bits per heavy atom. The number of hydrogen-bond acceptors (Lipinski definition) is 2. The highest BCUT2D eigenvalue weighted by atomic mass is 79.9. The van der Waals surface area contributed by atoms with Crippen LogP contribution in [0.1, 0.15) is 45.1 Å². The van der Waals surface area contributed by atoms with E-state index < -0.39 is 0 Å². The standard InChI is InChI=1S/C14H21Br2NO/c1-3-4-5-6-10(2)17-9-11-7-12(15)14(18)13(16)8-11/h7-8,10,17-18H,3-6,9H2,1-2H3. The van der Waals surface area contributed by atoms with Gasteiger partial charge < -0.3 is 10.4 Å². The predicted molar refractivity (Wildman–Crippen MR) is 84.0 cm³/mol. The molecule has 0 amide bonds. The van der Waals surface area contributed by atoms with E-state index in [1.807, 2.05) is 12.1 Å². The molecule has 0 aliphatic carbocycles. The van der Waals surface area contributed by atoms with E-state index in [1.54, 1.807) is 0 Å². The molecular formula is C14H21Br2NO. The normalized spacial score (nSPS) is 12.7. The summed E-state index contributed by atoms with van der Waals surface area (Å²) in [5.41, 5.74) is 1.16. The van der Waals surface area contributed by atoms with Crippen LogP contribution in [0.15, 0.2) is 21.1 Å². The Morgan fingerprint density at radius 3 is 2.39 bits per heavy atom. The molecule has 0 spiro atoms. The number of hydrogen-bond donors (Lipinski definition) is 2. The van der Waals surface area contributed by atoms with Gasteiger partial charge in [-0.25, -0.2) is 0 Å². The fraction of sp³-hybridized carbons (Fsp3) is 0.571. The Morgan fingerprint density at radius 1 is 1.22 bits per heavy atom. The fourth-order valence-electron chi connectivity index (χ4n) is 1.81. The van der Waals surface area contributed by atoms with E-state index in [1.165, 1.54) is 25.7 Å². The number of rotatable bonds is 7. The summed E-state index contributed by atoms with van der Waals surface area (Å²) in [5, 5.41) is 13.1. The number of halogens is 2. The molecule has 102 valence electrons. The third-order valence-electron chi connectivity index (χ3n) is 2.97. The van der Waals surface area contributed by atoms with Crippen molar-refractivity contribution in [3.63, 3.8) is 0 Å². The van der Waals surface area contributed by atoms with Crippen LogP contribution in [0, 0.1) is 0 Å². The highest BCUT2D eigenvalue weighted by Crippen LogP contribution is 2.33. The first-order valence-corrected chi connectivity index (χ1v) is 8.03. The average Bonchev–Trinajstić information content (AvgIpc) is 2.33. The van der Waals surface area contributed by atoms with E-state index in [9.17, 15) is 5.11 Å². The van der Waals surface area contributed by atoms with E-state index in [-0.39, 0.29) is 5.75 Å². The van der Waals surface area contributed by atoms with Crippen LogP contribution in [0.4, 0.5) is 0 Å². The molecule has 0 aliphatic rings. The molecule has 1 aromatic rings. The molecule has 0 heterocycles. The summed E-state index contributed by atoms with van der Waals surface area (Å²) in [6.07, 6.45) is 5.08. The number of phenolic OH excluding ortho intramolecular Hbond substituents is 1. The lowest BCUT2D eigenvalue weighted by Gasteiger charge is -2.14. The lowest BCUT2D eigenvalue weighted by molar-refractivity contribution is 0.466. The Balaban J connectivity index is 2.43. The first-order chi connectivity index (χ1) is 8.54. The van der Waals surface area contributed by atoms with Gasteiger partial charge in [0.25, 0.3) is 0 Å². The molecule has 0 fully saturated rings. The zero-order valence-corrected chi connectivity index (χ0v) is 14.1. The summed E-state index contributed by atoms with van der Waals surface area (Å²) in [6, 6.07) is 4.43. The SMILES string of the molecule is CCCCCC(C)NCc1cc(Br)c(O)c(Br)c1. The molecule has 1 rings (SSSR count). The van der Waals surface area contributed by atoms with Gasteiger partial charge in [0.2, 0.25) is 0 Å². The van der Waals surface area contributed by atoms with Crippen molar-refractivity contribution in [2.45, 2.75) is 52.1 Å². The maximum atomic E-state index is 9.64. The Bertz CT molecular complexity index is 359. The number of benzene rings is 1. The largest absolute Gasteiger partial charge is 0.506 e. The summed E-state index contributed by atoms with van der Waals surface area (Å²) >= 11 is 6.69. The van der Waals surface area contributed by atoms with Crippen LogP contribution >= 0.6 is 31.9 Å². The molecule has 1 aromatic carbocycles. The minimum Gasteiger partial charge on any atom is -0.506 e. The van der Waals surface area contributed by atoms with Crippen LogP contribution in [0.5, 0.6) is 5.75 Å². The molecule has 0 aromatic heterocycles. The van der Waals surface area contributed by atoms with Crippen molar-refractivity contribution in [1.82, 2.24) is 5.32 Å². The van der Waals surface area contributed by atoms with Crippen molar-refractivity contribution >= 4 is 31.9 Å². The summed E-state index contributed by atoms with van der Waals surface area (Å²) in [6.45, 7) is 5.27. The number of unbranched alkanes of at least 4 members (excludes halogenated alkanes) is 2. The molecule has 0 saturated heterocycles. The van der Waals surface area contributed by atoms with Crippen molar-refractivity contribution in [3.8, 4) is 5.75 Å². The second-order valence-electron chi connectivity index (χ2n) is 4.69. The van der Waals surface area contributed by atoms with Gasteiger partial charge in [-0.1, -0.05) is 26.2 Å². The van der Waals surface area contributed by atoms with Crippen molar-refractivity contribution in [1.29, 1.82) is 0 Å².